The molecule has 72 valence electrons. The molecule has 0 amide bonds. The SMILES string of the molecule is CC1CC(=O)C=C2CCN(C)CC21. The number of hydrogen-bond donors (Lipinski definition) is 0. The summed E-state index contributed by atoms with van der Waals surface area (Å²) in [6.07, 6.45) is 3.75. The molecule has 0 radical (unpaired) electrons. The number of likely N-dealkylation sites (tertiary alicyclic amines) is 1. The van der Waals surface area contributed by atoms with Gasteiger partial charge in [0.2, 0.25) is 0 Å². The number of rotatable bonds is 0. The van der Waals surface area contributed by atoms with E-state index in [-0.39, 0.29) is 0 Å². The number of nitrogens with zero attached hydrogens (tertiary/aromatic N) is 1. The highest BCUT2D eigenvalue weighted by atomic mass is 16.1. The molecule has 2 heteroatoms. The molecule has 0 N–H and O–H groups in total. The topological polar surface area (TPSA) is 20.3 Å². The van der Waals surface area contributed by atoms with Crippen LogP contribution < -0.4 is 0 Å². The van der Waals surface area contributed by atoms with E-state index in [2.05, 4.69) is 18.9 Å². The maximum atomic E-state index is 11.3. The molecule has 0 aromatic rings. The minimum atomic E-state index is 0.336. The van der Waals surface area contributed by atoms with Crippen molar-refractivity contribution in [3.8, 4) is 0 Å². The average molecular weight is 179 g/mol. The molecule has 1 heterocycles. The van der Waals surface area contributed by atoms with E-state index in [0.29, 0.717) is 17.6 Å². The first-order valence-corrected chi connectivity index (χ1v) is 5.08. The summed E-state index contributed by atoms with van der Waals surface area (Å²) >= 11 is 0. The summed E-state index contributed by atoms with van der Waals surface area (Å²) in [6.45, 7) is 4.46. The number of carbonyl (C=O) groups excluding carboxylic acids is 1. The van der Waals surface area contributed by atoms with Gasteiger partial charge in [-0.2, -0.15) is 0 Å². The number of hydrogen-bond acceptors (Lipinski definition) is 2. The fraction of sp³-hybridized carbons (Fsp3) is 0.727. The van der Waals surface area contributed by atoms with E-state index in [1.165, 1.54) is 5.57 Å². The Morgan fingerprint density at radius 1 is 1.54 bits per heavy atom. The Hall–Kier alpha value is -0.630. The van der Waals surface area contributed by atoms with Gasteiger partial charge < -0.3 is 4.90 Å². The van der Waals surface area contributed by atoms with Crippen molar-refractivity contribution in [2.75, 3.05) is 20.1 Å². The van der Waals surface area contributed by atoms with E-state index < -0.39 is 0 Å². The van der Waals surface area contributed by atoms with Crippen molar-refractivity contribution in [3.63, 3.8) is 0 Å². The highest BCUT2D eigenvalue weighted by Gasteiger charge is 2.31. The Morgan fingerprint density at radius 3 is 3.08 bits per heavy atom. The molecule has 1 aliphatic carbocycles. The van der Waals surface area contributed by atoms with Crippen LogP contribution >= 0.6 is 0 Å². The number of allylic oxidation sites excluding steroid dienone is 1. The van der Waals surface area contributed by atoms with Gasteiger partial charge in [0.1, 0.15) is 0 Å². The second-order valence-corrected chi connectivity index (χ2v) is 4.49. The summed E-state index contributed by atoms with van der Waals surface area (Å²) in [4.78, 5) is 13.7. The van der Waals surface area contributed by atoms with Gasteiger partial charge in [-0.15, -0.1) is 0 Å². The zero-order valence-corrected chi connectivity index (χ0v) is 8.42. The van der Waals surface area contributed by atoms with Gasteiger partial charge >= 0.3 is 0 Å². The average Bonchev–Trinajstić information content (AvgIpc) is 2.06. The summed E-state index contributed by atoms with van der Waals surface area (Å²) in [5, 5.41) is 0. The molecule has 2 atom stereocenters. The van der Waals surface area contributed by atoms with Crippen molar-refractivity contribution >= 4 is 5.78 Å². The third-order valence-corrected chi connectivity index (χ3v) is 3.32. The zero-order chi connectivity index (χ0) is 9.42. The Morgan fingerprint density at radius 2 is 2.31 bits per heavy atom. The number of carbonyl (C=O) groups is 1. The predicted octanol–water partition coefficient (Wildman–Crippen LogP) is 1.47. The van der Waals surface area contributed by atoms with Gasteiger partial charge in [0.25, 0.3) is 0 Å². The molecule has 1 saturated heterocycles. The number of fused-ring (bicyclic) bond motifs is 1. The zero-order valence-electron chi connectivity index (χ0n) is 8.42. The smallest absolute Gasteiger partial charge is 0.155 e. The van der Waals surface area contributed by atoms with E-state index in [9.17, 15) is 4.79 Å². The van der Waals surface area contributed by atoms with E-state index in [0.717, 1.165) is 25.9 Å². The van der Waals surface area contributed by atoms with Crippen LogP contribution in [0.5, 0.6) is 0 Å². The Labute approximate surface area is 79.6 Å². The molecule has 2 rings (SSSR count). The minimum Gasteiger partial charge on any atom is -0.305 e. The first kappa shape index (κ1) is 8.95. The number of ketones is 1. The van der Waals surface area contributed by atoms with E-state index in [1.54, 1.807) is 0 Å². The van der Waals surface area contributed by atoms with Crippen LogP contribution in [0.2, 0.25) is 0 Å². The lowest BCUT2D eigenvalue weighted by Crippen LogP contribution is -2.39. The van der Waals surface area contributed by atoms with Crippen molar-refractivity contribution < 1.29 is 4.79 Å². The second kappa shape index (κ2) is 3.26. The van der Waals surface area contributed by atoms with Crippen LogP contribution in [-0.2, 0) is 4.79 Å². The van der Waals surface area contributed by atoms with E-state index in [1.807, 2.05) is 6.08 Å². The first-order valence-electron chi connectivity index (χ1n) is 5.08. The second-order valence-electron chi connectivity index (χ2n) is 4.49. The molecule has 1 aliphatic heterocycles. The quantitative estimate of drug-likeness (QED) is 0.561. The largest absolute Gasteiger partial charge is 0.305 e. The lowest BCUT2D eigenvalue weighted by molar-refractivity contribution is -0.116. The van der Waals surface area contributed by atoms with Gasteiger partial charge in [0.05, 0.1) is 0 Å². The maximum absolute atomic E-state index is 11.3. The van der Waals surface area contributed by atoms with Crippen molar-refractivity contribution in [3.05, 3.63) is 11.6 Å². The van der Waals surface area contributed by atoms with Crippen LogP contribution in [0.1, 0.15) is 19.8 Å². The summed E-state index contributed by atoms with van der Waals surface area (Å²) in [7, 11) is 2.17. The molecular weight excluding hydrogens is 162 g/mol. The fourth-order valence-electron chi connectivity index (χ4n) is 2.50. The minimum absolute atomic E-state index is 0.336. The van der Waals surface area contributed by atoms with Crippen molar-refractivity contribution in [2.45, 2.75) is 19.8 Å². The Balaban J connectivity index is 2.20. The van der Waals surface area contributed by atoms with Crippen molar-refractivity contribution in [1.29, 1.82) is 0 Å². The van der Waals surface area contributed by atoms with Gasteiger partial charge in [0, 0.05) is 19.5 Å². The fourth-order valence-corrected chi connectivity index (χ4v) is 2.50. The van der Waals surface area contributed by atoms with Crippen molar-refractivity contribution in [2.24, 2.45) is 11.8 Å². The van der Waals surface area contributed by atoms with Crippen LogP contribution in [0.25, 0.3) is 0 Å². The van der Waals surface area contributed by atoms with Crippen LogP contribution in [0.15, 0.2) is 11.6 Å². The molecule has 2 nitrogen and oxygen atoms in total. The van der Waals surface area contributed by atoms with E-state index in [4.69, 9.17) is 0 Å². The molecule has 2 aliphatic rings. The van der Waals surface area contributed by atoms with Crippen LogP contribution in [0.4, 0.5) is 0 Å². The molecule has 13 heavy (non-hydrogen) atoms. The molecule has 0 aromatic carbocycles. The standard InChI is InChI=1S/C11H17NO/c1-8-5-10(13)6-9-3-4-12(2)7-11(8)9/h6,8,11H,3-5,7H2,1-2H3. The molecule has 2 unspecified atom stereocenters. The van der Waals surface area contributed by atoms with E-state index >= 15 is 0 Å². The van der Waals surface area contributed by atoms with Gasteiger partial charge in [0.15, 0.2) is 5.78 Å². The summed E-state index contributed by atoms with van der Waals surface area (Å²) in [5.41, 5.74) is 1.40. The van der Waals surface area contributed by atoms with Crippen LogP contribution in [0, 0.1) is 11.8 Å². The monoisotopic (exact) mass is 179 g/mol. The molecule has 0 saturated carbocycles. The van der Waals surface area contributed by atoms with Gasteiger partial charge in [-0.25, -0.2) is 0 Å². The third-order valence-electron chi connectivity index (χ3n) is 3.32. The first-order chi connectivity index (χ1) is 6.16. The number of piperidine rings is 1. The highest BCUT2D eigenvalue weighted by molar-refractivity contribution is 5.91. The highest BCUT2D eigenvalue weighted by Crippen LogP contribution is 2.33. The lowest BCUT2D eigenvalue weighted by Gasteiger charge is -2.37. The van der Waals surface area contributed by atoms with Crippen LogP contribution in [0.3, 0.4) is 0 Å². The lowest BCUT2D eigenvalue weighted by atomic mass is 9.76. The summed E-state index contributed by atoms with van der Waals surface area (Å²) in [5.74, 6) is 1.54. The van der Waals surface area contributed by atoms with Crippen molar-refractivity contribution in [1.82, 2.24) is 4.90 Å². The summed E-state index contributed by atoms with van der Waals surface area (Å²) in [6, 6.07) is 0. The molecule has 0 aromatic heterocycles. The van der Waals surface area contributed by atoms with Gasteiger partial charge in [-0.05, 0) is 31.4 Å². The Bertz CT molecular complexity index is 257. The Kier molecular flexibility index (Phi) is 2.24. The van der Waals surface area contributed by atoms with Gasteiger partial charge in [-0.1, -0.05) is 12.5 Å². The molecule has 1 fully saturated rings. The molecule has 0 spiro atoms. The maximum Gasteiger partial charge on any atom is 0.155 e. The third kappa shape index (κ3) is 1.68. The van der Waals surface area contributed by atoms with Gasteiger partial charge in [-0.3, -0.25) is 4.79 Å². The predicted molar refractivity (Wildman–Crippen MR) is 52.5 cm³/mol. The molecule has 0 bridgehead atoms. The summed E-state index contributed by atoms with van der Waals surface area (Å²) < 4.78 is 0. The van der Waals surface area contributed by atoms with Crippen LogP contribution in [-0.4, -0.2) is 30.8 Å². The molecular formula is C11H17NO. The normalized spacial score (nSPS) is 35.5.